The number of hydrogen-bond donors (Lipinski definition) is 1. The fourth-order valence-corrected chi connectivity index (χ4v) is 8.03. The van der Waals surface area contributed by atoms with Crippen LogP contribution >= 0.6 is 0 Å². The van der Waals surface area contributed by atoms with E-state index in [-0.39, 0.29) is 36.1 Å². The second-order valence-electron chi connectivity index (χ2n) is 12.6. The van der Waals surface area contributed by atoms with E-state index in [4.69, 9.17) is 9.47 Å². The van der Waals surface area contributed by atoms with Gasteiger partial charge in [0.25, 0.3) is 0 Å². The molecule has 0 bridgehead atoms. The molecule has 0 aromatic heterocycles. The van der Waals surface area contributed by atoms with Crippen LogP contribution in [-0.4, -0.2) is 52.7 Å². The summed E-state index contributed by atoms with van der Waals surface area (Å²) in [5.41, 5.74) is -4.17. The van der Waals surface area contributed by atoms with Crippen molar-refractivity contribution in [2.75, 3.05) is 6.61 Å². The predicted molar refractivity (Wildman–Crippen MR) is 121 cm³/mol. The summed E-state index contributed by atoms with van der Waals surface area (Å²) in [6, 6.07) is 0. The van der Waals surface area contributed by atoms with Crippen molar-refractivity contribution in [3.05, 3.63) is 23.8 Å². The van der Waals surface area contributed by atoms with Crippen LogP contribution in [0.3, 0.4) is 0 Å². The smallest absolute Gasteiger partial charge is 0.311 e. The summed E-state index contributed by atoms with van der Waals surface area (Å²) >= 11 is 0. The van der Waals surface area contributed by atoms with Gasteiger partial charge in [-0.1, -0.05) is 19.9 Å². The number of rotatable bonds is 3. The predicted octanol–water partition coefficient (Wildman–Crippen LogP) is 3.51. The quantitative estimate of drug-likeness (QED) is 0.497. The molecule has 9 atom stereocenters. The molecule has 3 saturated carbocycles. The molecule has 5 aliphatic rings. The number of ether oxygens (including phenoxy) is 2. The highest BCUT2D eigenvalue weighted by molar-refractivity contribution is 6.01. The zero-order chi connectivity index (χ0) is 25.1. The third kappa shape index (κ3) is 2.71. The van der Waals surface area contributed by atoms with Gasteiger partial charge in [-0.2, -0.15) is 0 Å². The first-order valence-corrected chi connectivity index (χ1v) is 12.3. The molecule has 1 aliphatic heterocycles. The van der Waals surface area contributed by atoms with Crippen LogP contribution in [0.5, 0.6) is 0 Å². The van der Waals surface area contributed by atoms with Crippen molar-refractivity contribution in [1.29, 1.82) is 0 Å². The summed E-state index contributed by atoms with van der Waals surface area (Å²) in [6.45, 7) is 10.4. The minimum atomic E-state index is -1.70. The number of allylic oxidation sites excluding steroid dienone is 2. The number of Topliss-reactive ketones (excluding diaryl/α,β-unsaturated/α-hetero) is 1. The number of epoxide rings is 1. The maximum Gasteiger partial charge on any atom is 0.311 e. The normalized spacial score (nSPS) is 48.8. The molecule has 4 fully saturated rings. The number of fused-ring (bicyclic) bond motifs is 3. The van der Waals surface area contributed by atoms with Crippen LogP contribution in [0, 0.1) is 34.0 Å². The van der Waals surface area contributed by atoms with Gasteiger partial charge in [0.05, 0.1) is 11.5 Å². The van der Waals surface area contributed by atoms with Crippen LogP contribution in [0.2, 0.25) is 0 Å². The average Bonchev–Trinajstić information content (AvgIpc) is 3.43. The number of aliphatic hydroxyl groups is 1. The van der Waals surface area contributed by atoms with Crippen LogP contribution in [-0.2, 0) is 23.9 Å². The molecule has 0 aromatic carbocycles. The maximum absolute atomic E-state index is 15.6. The summed E-state index contributed by atoms with van der Waals surface area (Å²) in [5, 5.41) is 12.0. The van der Waals surface area contributed by atoms with Crippen LogP contribution in [0.25, 0.3) is 0 Å². The Morgan fingerprint density at radius 3 is 2.56 bits per heavy atom. The monoisotopic (exact) mass is 474 g/mol. The molecule has 7 heteroatoms. The molecular formula is C27H35FO6. The van der Waals surface area contributed by atoms with E-state index in [0.717, 1.165) is 0 Å². The van der Waals surface area contributed by atoms with Crippen molar-refractivity contribution in [2.45, 2.75) is 84.3 Å². The molecule has 2 unspecified atom stereocenters. The fourth-order valence-electron chi connectivity index (χ4n) is 8.03. The largest absolute Gasteiger partial charge is 0.457 e. The average molecular weight is 475 g/mol. The number of halogens is 1. The third-order valence-electron chi connectivity index (χ3n) is 9.87. The van der Waals surface area contributed by atoms with Crippen LogP contribution in [0.4, 0.5) is 4.39 Å². The van der Waals surface area contributed by atoms with Crippen molar-refractivity contribution < 1.29 is 33.4 Å². The minimum Gasteiger partial charge on any atom is -0.457 e. The molecule has 34 heavy (non-hydrogen) atoms. The first-order valence-electron chi connectivity index (χ1n) is 12.3. The lowest BCUT2D eigenvalue weighted by molar-refractivity contribution is -0.174. The van der Waals surface area contributed by atoms with Gasteiger partial charge in [-0.05, 0) is 82.4 Å². The molecule has 1 saturated heterocycles. The van der Waals surface area contributed by atoms with E-state index in [1.807, 2.05) is 20.8 Å². The maximum atomic E-state index is 15.6. The molecule has 0 radical (unpaired) electrons. The van der Waals surface area contributed by atoms with Crippen LogP contribution < -0.4 is 0 Å². The van der Waals surface area contributed by atoms with E-state index < -0.39 is 52.0 Å². The van der Waals surface area contributed by atoms with Gasteiger partial charge in [-0.25, -0.2) is 4.39 Å². The first-order chi connectivity index (χ1) is 15.6. The number of carbonyl (C=O) groups excluding carboxylic acids is 3. The van der Waals surface area contributed by atoms with Crippen molar-refractivity contribution in [1.82, 2.24) is 0 Å². The van der Waals surface area contributed by atoms with Crippen molar-refractivity contribution in [2.24, 2.45) is 34.0 Å². The van der Waals surface area contributed by atoms with Gasteiger partial charge in [-0.15, -0.1) is 0 Å². The van der Waals surface area contributed by atoms with Crippen LogP contribution in [0.1, 0.15) is 60.8 Å². The Hall–Kier alpha value is -1.86. The molecule has 5 rings (SSSR count). The Kier molecular flexibility index (Phi) is 4.83. The third-order valence-corrected chi connectivity index (χ3v) is 9.87. The topological polar surface area (TPSA) is 93.2 Å². The number of alkyl halides is 1. The Morgan fingerprint density at radius 1 is 1.24 bits per heavy atom. The molecule has 1 heterocycles. The zero-order valence-corrected chi connectivity index (χ0v) is 20.8. The molecule has 6 nitrogen and oxygen atoms in total. The highest BCUT2D eigenvalue weighted by atomic mass is 19.1. The Bertz CT molecular complexity index is 1040. The molecule has 0 amide bonds. The van der Waals surface area contributed by atoms with Gasteiger partial charge in [0.15, 0.2) is 12.4 Å². The lowest BCUT2D eigenvalue weighted by atomic mass is 9.46. The van der Waals surface area contributed by atoms with Gasteiger partial charge in [-0.3, -0.25) is 14.4 Å². The molecule has 1 N–H and O–H groups in total. The van der Waals surface area contributed by atoms with E-state index in [9.17, 15) is 19.5 Å². The second-order valence-corrected chi connectivity index (χ2v) is 12.6. The molecule has 4 aliphatic carbocycles. The Morgan fingerprint density at radius 2 is 1.91 bits per heavy atom. The van der Waals surface area contributed by atoms with Gasteiger partial charge < -0.3 is 14.6 Å². The second kappa shape index (κ2) is 6.88. The lowest BCUT2D eigenvalue weighted by Crippen LogP contribution is -2.63. The summed E-state index contributed by atoms with van der Waals surface area (Å²) in [4.78, 5) is 37.7. The van der Waals surface area contributed by atoms with Crippen molar-refractivity contribution in [3.63, 3.8) is 0 Å². The van der Waals surface area contributed by atoms with E-state index in [0.29, 0.717) is 18.4 Å². The van der Waals surface area contributed by atoms with Gasteiger partial charge >= 0.3 is 5.97 Å². The lowest BCUT2D eigenvalue weighted by Gasteiger charge is -2.56. The van der Waals surface area contributed by atoms with Gasteiger partial charge in [0.1, 0.15) is 17.4 Å². The summed E-state index contributed by atoms with van der Waals surface area (Å²) in [6.07, 6.45) is 4.40. The molecule has 0 aromatic rings. The molecule has 186 valence electrons. The number of ketones is 2. The summed E-state index contributed by atoms with van der Waals surface area (Å²) in [7, 11) is 0. The molecule has 1 spiro atoms. The van der Waals surface area contributed by atoms with Gasteiger partial charge in [0.2, 0.25) is 5.78 Å². The number of esters is 1. The van der Waals surface area contributed by atoms with Crippen molar-refractivity contribution >= 4 is 17.5 Å². The number of hydrogen-bond acceptors (Lipinski definition) is 6. The standard InChI is InChI=1S/C27H35FO6/c1-14-9-16-17-11-19(28)18-10-15(29)7-8-24(18,5)27(17)21(34-27)12-25(16,6)26(14,32)20(30)13-33-22(31)23(2,3)4/h7-8,10,14,16-17,19,21,32H,9,11-13H2,1-6H3/t14-,16?,17?,19+,21+,24+,25+,26+,27-/m1/s1. The van der Waals surface area contributed by atoms with E-state index in [1.54, 1.807) is 26.8 Å². The SMILES string of the molecule is C[C@@H]1CC2C3C[C@H](F)C4=CC(=O)C=C[C@]4(C)[C@@]34O[C@H]4C[C@]2(C)[C@@]1(O)C(=O)COC(=O)C(C)(C)C. The summed E-state index contributed by atoms with van der Waals surface area (Å²) in [5.74, 6) is -1.92. The molecular weight excluding hydrogens is 439 g/mol. The Labute approximate surface area is 199 Å². The highest BCUT2D eigenvalue weighted by Crippen LogP contribution is 2.76. The Balaban J connectivity index is 1.48. The van der Waals surface area contributed by atoms with E-state index in [1.165, 1.54) is 12.2 Å². The summed E-state index contributed by atoms with van der Waals surface area (Å²) < 4.78 is 27.2. The minimum absolute atomic E-state index is 0.142. The zero-order valence-electron chi connectivity index (χ0n) is 20.8. The fraction of sp³-hybridized carbons (Fsp3) is 0.741. The highest BCUT2D eigenvalue weighted by Gasteiger charge is 2.82. The number of carbonyl (C=O) groups is 3. The van der Waals surface area contributed by atoms with Gasteiger partial charge in [0, 0.05) is 10.8 Å². The first kappa shape index (κ1) is 23.9. The van der Waals surface area contributed by atoms with Crippen LogP contribution in [0.15, 0.2) is 23.8 Å². The van der Waals surface area contributed by atoms with Crippen molar-refractivity contribution in [3.8, 4) is 0 Å². The van der Waals surface area contributed by atoms with E-state index in [2.05, 4.69) is 0 Å². The van der Waals surface area contributed by atoms with E-state index >= 15 is 4.39 Å².